The molecule has 28 heavy (non-hydrogen) atoms. The van der Waals surface area contributed by atoms with Gasteiger partial charge in [0.1, 0.15) is 6.04 Å². The summed E-state index contributed by atoms with van der Waals surface area (Å²) in [5.74, 6) is -0.541. The van der Waals surface area contributed by atoms with E-state index in [0.717, 1.165) is 11.0 Å². The number of hydrogen-bond donors (Lipinski definition) is 2. The summed E-state index contributed by atoms with van der Waals surface area (Å²) in [5.41, 5.74) is 2.50. The number of aromatic nitrogens is 2. The zero-order valence-electron chi connectivity index (χ0n) is 15.1. The fourth-order valence-corrected chi connectivity index (χ4v) is 3.23. The van der Waals surface area contributed by atoms with Gasteiger partial charge in [-0.2, -0.15) is 0 Å². The highest BCUT2D eigenvalue weighted by Crippen LogP contribution is 2.32. The first-order chi connectivity index (χ1) is 13.6. The molecule has 0 spiro atoms. The minimum absolute atomic E-state index is 0.0290. The molecule has 0 aliphatic carbocycles. The van der Waals surface area contributed by atoms with Crippen LogP contribution < -0.4 is 10.6 Å². The van der Waals surface area contributed by atoms with Gasteiger partial charge in [-0.05, 0) is 43.3 Å². The lowest BCUT2D eigenvalue weighted by molar-refractivity contribution is -0.123. The van der Waals surface area contributed by atoms with Gasteiger partial charge in [0.25, 0.3) is 0 Å². The third-order valence-corrected chi connectivity index (χ3v) is 4.50. The second-order valence-electron chi connectivity index (χ2n) is 6.35. The molecular formula is C20H18N4O4. The fourth-order valence-electron chi connectivity index (χ4n) is 3.23. The number of ether oxygens (including phenoxy) is 1. The molecule has 1 aliphatic heterocycles. The number of amides is 2. The Hall–Kier alpha value is -3.68. The Morgan fingerprint density at radius 1 is 1.18 bits per heavy atom. The maximum Gasteiger partial charge on any atom is 0.338 e. The van der Waals surface area contributed by atoms with Crippen molar-refractivity contribution >= 4 is 40.5 Å². The number of carbonyl (C=O) groups excluding carboxylic acids is 3. The first-order valence-corrected chi connectivity index (χ1v) is 8.91. The van der Waals surface area contributed by atoms with Crippen molar-refractivity contribution in [2.45, 2.75) is 19.4 Å². The van der Waals surface area contributed by atoms with Crippen LogP contribution in [0.4, 0.5) is 11.6 Å². The van der Waals surface area contributed by atoms with Crippen molar-refractivity contribution in [1.82, 2.24) is 9.55 Å². The molecule has 0 unspecified atom stereocenters. The number of fused-ring (bicyclic) bond motifs is 3. The first kappa shape index (κ1) is 17.7. The van der Waals surface area contributed by atoms with Gasteiger partial charge in [-0.1, -0.05) is 12.1 Å². The summed E-state index contributed by atoms with van der Waals surface area (Å²) in [6.45, 7) is 2.03. The molecule has 8 nitrogen and oxygen atoms in total. The van der Waals surface area contributed by atoms with Crippen LogP contribution >= 0.6 is 0 Å². The predicted molar refractivity (Wildman–Crippen MR) is 103 cm³/mol. The number of para-hydroxylation sites is 2. The number of esters is 1. The standard InChI is InChI=1S/C20H18N4O4/c1-2-28-19(27)12-7-9-13(10-8-12)21-17(25)11-16-18(26)23-20-22-14-5-3-4-6-15(14)24(16)20/h3-10,16H,2,11H2,1H3,(H,21,25)(H,22,23,26)/t16-/m0/s1. The monoisotopic (exact) mass is 378 g/mol. The molecule has 2 amide bonds. The average molecular weight is 378 g/mol. The van der Waals surface area contributed by atoms with E-state index in [4.69, 9.17) is 4.74 Å². The van der Waals surface area contributed by atoms with E-state index in [1.165, 1.54) is 0 Å². The van der Waals surface area contributed by atoms with Gasteiger partial charge in [-0.25, -0.2) is 9.78 Å². The predicted octanol–water partition coefficient (Wildman–Crippen LogP) is 2.74. The summed E-state index contributed by atoms with van der Waals surface area (Å²) in [5, 5.41) is 5.47. The lowest BCUT2D eigenvalue weighted by atomic mass is 10.1. The molecule has 4 rings (SSSR count). The first-order valence-electron chi connectivity index (χ1n) is 8.91. The largest absolute Gasteiger partial charge is 0.462 e. The molecule has 0 saturated carbocycles. The van der Waals surface area contributed by atoms with Crippen molar-refractivity contribution in [3.63, 3.8) is 0 Å². The van der Waals surface area contributed by atoms with E-state index in [2.05, 4.69) is 15.6 Å². The Balaban J connectivity index is 1.47. The van der Waals surface area contributed by atoms with Crippen LogP contribution in [0.1, 0.15) is 29.7 Å². The van der Waals surface area contributed by atoms with Crippen molar-refractivity contribution in [3.8, 4) is 0 Å². The van der Waals surface area contributed by atoms with Crippen LogP contribution in [-0.2, 0) is 14.3 Å². The topological polar surface area (TPSA) is 102 Å². The average Bonchev–Trinajstić information content (AvgIpc) is 3.18. The molecule has 0 saturated heterocycles. The van der Waals surface area contributed by atoms with Crippen LogP contribution in [0.25, 0.3) is 11.0 Å². The van der Waals surface area contributed by atoms with E-state index in [0.29, 0.717) is 23.8 Å². The minimum Gasteiger partial charge on any atom is -0.462 e. The van der Waals surface area contributed by atoms with Crippen molar-refractivity contribution < 1.29 is 19.1 Å². The summed E-state index contributed by atoms with van der Waals surface area (Å²) < 4.78 is 6.68. The quantitative estimate of drug-likeness (QED) is 0.665. The lowest BCUT2D eigenvalue weighted by Crippen LogP contribution is -2.23. The molecule has 2 heterocycles. The molecule has 0 fully saturated rings. The Morgan fingerprint density at radius 2 is 1.93 bits per heavy atom. The van der Waals surface area contributed by atoms with Gasteiger partial charge in [0, 0.05) is 5.69 Å². The number of imidazole rings is 1. The minimum atomic E-state index is -0.666. The molecular weight excluding hydrogens is 360 g/mol. The van der Waals surface area contributed by atoms with Gasteiger partial charge < -0.3 is 10.1 Å². The highest BCUT2D eigenvalue weighted by atomic mass is 16.5. The molecule has 0 radical (unpaired) electrons. The SMILES string of the molecule is CCOC(=O)c1ccc(NC(=O)C[C@H]2C(=O)Nc3nc4ccccc4n32)cc1. The van der Waals surface area contributed by atoms with Crippen LogP contribution in [0.3, 0.4) is 0 Å². The van der Waals surface area contributed by atoms with Crippen LogP contribution in [-0.4, -0.2) is 33.9 Å². The van der Waals surface area contributed by atoms with E-state index in [-0.39, 0.29) is 18.2 Å². The summed E-state index contributed by atoms with van der Waals surface area (Å²) in [4.78, 5) is 40.9. The van der Waals surface area contributed by atoms with E-state index >= 15 is 0 Å². The number of hydrogen-bond acceptors (Lipinski definition) is 5. The molecule has 8 heteroatoms. The van der Waals surface area contributed by atoms with Crippen molar-refractivity contribution in [1.29, 1.82) is 0 Å². The number of anilines is 2. The van der Waals surface area contributed by atoms with Crippen molar-refractivity contribution in [2.24, 2.45) is 0 Å². The van der Waals surface area contributed by atoms with Gasteiger partial charge >= 0.3 is 5.97 Å². The maximum absolute atomic E-state index is 12.5. The zero-order chi connectivity index (χ0) is 19.7. The van der Waals surface area contributed by atoms with Gasteiger partial charge in [0.15, 0.2) is 0 Å². The second-order valence-corrected chi connectivity index (χ2v) is 6.35. The van der Waals surface area contributed by atoms with E-state index in [9.17, 15) is 14.4 Å². The Morgan fingerprint density at radius 3 is 2.68 bits per heavy atom. The number of rotatable bonds is 5. The summed E-state index contributed by atoms with van der Waals surface area (Å²) in [6.07, 6.45) is -0.0290. The molecule has 2 aromatic carbocycles. The van der Waals surface area contributed by atoms with Crippen LogP contribution in [0, 0.1) is 0 Å². The molecule has 1 aliphatic rings. The summed E-state index contributed by atoms with van der Waals surface area (Å²) in [7, 11) is 0. The van der Waals surface area contributed by atoms with Crippen molar-refractivity contribution in [3.05, 3.63) is 54.1 Å². The molecule has 1 aromatic heterocycles. The van der Waals surface area contributed by atoms with Gasteiger partial charge in [-0.3, -0.25) is 19.5 Å². The van der Waals surface area contributed by atoms with Gasteiger partial charge in [0.2, 0.25) is 17.8 Å². The lowest BCUT2D eigenvalue weighted by Gasteiger charge is -2.12. The van der Waals surface area contributed by atoms with Crippen LogP contribution in [0.15, 0.2) is 48.5 Å². The number of benzene rings is 2. The Kier molecular flexibility index (Phi) is 4.52. The van der Waals surface area contributed by atoms with Gasteiger partial charge in [0.05, 0.1) is 29.6 Å². The number of nitrogens with one attached hydrogen (secondary N) is 2. The second kappa shape index (κ2) is 7.15. The summed E-state index contributed by atoms with van der Waals surface area (Å²) in [6, 6.07) is 13.2. The zero-order valence-corrected chi connectivity index (χ0v) is 15.1. The van der Waals surface area contributed by atoms with Crippen molar-refractivity contribution in [2.75, 3.05) is 17.2 Å². The Labute approximate surface area is 160 Å². The molecule has 2 N–H and O–H groups in total. The van der Waals surface area contributed by atoms with E-state index < -0.39 is 12.0 Å². The number of nitrogens with zero attached hydrogens (tertiary/aromatic N) is 2. The smallest absolute Gasteiger partial charge is 0.338 e. The summed E-state index contributed by atoms with van der Waals surface area (Å²) >= 11 is 0. The maximum atomic E-state index is 12.5. The highest BCUT2D eigenvalue weighted by molar-refractivity contribution is 6.03. The third-order valence-electron chi connectivity index (χ3n) is 4.50. The third kappa shape index (κ3) is 3.20. The normalized spacial score (nSPS) is 15.2. The Bertz CT molecular complexity index is 1070. The van der Waals surface area contributed by atoms with E-state index in [1.54, 1.807) is 35.8 Å². The molecule has 1 atom stereocenters. The van der Waals surface area contributed by atoms with Gasteiger partial charge in [-0.15, -0.1) is 0 Å². The molecule has 3 aromatic rings. The number of carbonyl (C=O) groups is 3. The molecule has 0 bridgehead atoms. The van der Waals surface area contributed by atoms with E-state index in [1.807, 2.05) is 24.3 Å². The molecule has 142 valence electrons. The van der Waals surface area contributed by atoms with Crippen LogP contribution in [0.2, 0.25) is 0 Å². The highest BCUT2D eigenvalue weighted by Gasteiger charge is 2.34. The fraction of sp³-hybridized carbons (Fsp3) is 0.200. The van der Waals surface area contributed by atoms with Crippen LogP contribution in [0.5, 0.6) is 0 Å².